The largest absolute Gasteiger partial charge is 0.455 e. The van der Waals surface area contributed by atoms with Crippen LogP contribution in [0.25, 0.3) is 0 Å². The van der Waals surface area contributed by atoms with Crippen LogP contribution in [-0.4, -0.2) is 17.5 Å². The minimum absolute atomic E-state index is 0.187. The van der Waals surface area contributed by atoms with Crippen LogP contribution in [0, 0.1) is 13.8 Å². The molecule has 2 aromatic rings. The van der Waals surface area contributed by atoms with Gasteiger partial charge in [0.2, 0.25) is 0 Å². The van der Waals surface area contributed by atoms with Gasteiger partial charge in [-0.3, -0.25) is 15.0 Å². The number of nitrogens with two attached hydrogens (primary N) is 1. The summed E-state index contributed by atoms with van der Waals surface area (Å²) in [5.74, 6) is 5.34. The van der Waals surface area contributed by atoms with Crippen LogP contribution in [0.1, 0.15) is 56.2 Å². The average Bonchev–Trinajstić information content (AvgIpc) is 2.97. The van der Waals surface area contributed by atoms with Gasteiger partial charge in [-0.15, -0.1) is 0 Å². The van der Waals surface area contributed by atoms with Crippen molar-refractivity contribution < 1.29 is 14.0 Å². The Morgan fingerprint density at radius 1 is 1.16 bits per heavy atom. The number of carbonyl (C=O) groups is 2. The summed E-state index contributed by atoms with van der Waals surface area (Å²) in [6.07, 6.45) is 2.26. The average molecular weight is 340 g/mol. The van der Waals surface area contributed by atoms with E-state index in [0.29, 0.717) is 29.0 Å². The van der Waals surface area contributed by atoms with Crippen molar-refractivity contribution in [1.82, 2.24) is 10.9 Å². The topological polar surface area (TPSA) is 110 Å². The Morgan fingerprint density at radius 3 is 2.64 bits per heavy atom. The van der Waals surface area contributed by atoms with Gasteiger partial charge < -0.3 is 4.42 Å². The van der Waals surface area contributed by atoms with Crippen molar-refractivity contribution >= 4 is 17.5 Å². The fourth-order valence-corrected chi connectivity index (χ4v) is 3.07. The Labute approximate surface area is 145 Å². The number of nitrogen functional groups attached to an aromatic ring is 1. The number of benzene rings is 1. The summed E-state index contributed by atoms with van der Waals surface area (Å²) in [6, 6.07) is 7.32. The van der Waals surface area contributed by atoms with Gasteiger partial charge in [-0.05, 0) is 38.3 Å². The third-order valence-electron chi connectivity index (χ3n) is 4.35. The van der Waals surface area contributed by atoms with E-state index in [0.717, 1.165) is 24.0 Å². The van der Waals surface area contributed by atoms with Crippen LogP contribution < -0.4 is 16.7 Å². The van der Waals surface area contributed by atoms with E-state index >= 15 is 0 Å². The van der Waals surface area contributed by atoms with Crippen LogP contribution in [0.15, 0.2) is 33.8 Å². The molecule has 0 atom stereocenters. The molecule has 0 saturated carbocycles. The molecule has 25 heavy (non-hydrogen) atoms. The first-order valence-corrected chi connectivity index (χ1v) is 8.09. The molecule has 7 heteroatoms. The van der Waals surface area contributed by atoms with E-state index in [1.165, 1.54) is 0 Å². The fraction of sp³-hybridized carbons (Fsp3) is 0.278. The molecule has 0 saturated heterocycles. The third kappa shape index (κ3) is 3.18. The van der Waals surface area contributed by atoms with Gasteiger partial charge in [0.25, 0.3) is 5.91 Å². The Bertz CT molecular complexity index is 867. The van der Waals surface area contributed by atoms with Crippen molar-refractivity contribution in [3.05, 3.63) is 58.0 Å². The number of furan rings is 1. The van der Waals surface area contributed by atoms with Crippen molar-refractivity contribution in [2.75, 3.05) is 0 Å². The van der Waals surface area contributed by atoms with Crippen molar-refractivity contribution in [3.8, 4) is 0 Å². The maximum absolute atomic E-state index is 12.3. The molecule has 7 nitrogen and oxygen atoms in total. The zero-order chi connectivity index (χ0) is 18.0. The van der Waals surface area contributed by atoms with Gasteiger partial charge in [0.05, 0.1) is 5.71 Å². The van der Waals surface area contributed by atoms with Gasteiger partial charge in [0.15, 0.2) is 5.76 Å². The minimum Gasteiger partial charge on any atom is -0.455 e. The molecule has 1 aromatic carbocycles. The lowest BCUT2D eigenvalue weighted by molar-refractivity contribution is 0.0921. The molecular weight excluding hydrogens is 320 g/mol. The molecule has 130 valence electrons. The summed E-state index contributed by atoms with van der Waals surface area (Å²) in [7, 11) is 0. The van der Waals surface area contributed by atoms with Gasteiger partial charge in [-0.2, -0.15) is 5.10 Å². The molecule has 3 rings (SSSR count). The fourth-order valence-electron chi connectivity index (χ4n) is 3.07. The van der Waals surface area contributed by atoms with Crippen LogP contribution in [0.5, 0.6) is 0 Å². The van der Waals surface area contributed by atoms with E-state index in [9.17, 15) is 9.59 Å². The lowest BCUT2D eigenvalue weighted by Gasteiger charge is -2.13. The van der Waals surface area contributed by atoms with Crippen molar-refractivity contribution in [1.29, 1.82) is 0 Å². The summed E-state index contributed by atoms with van der Waals surface area (Å²) < 4.78 is 5.64. The second-order valence-electron chi connectivity index (χ2n) is 6.00. The third-order valence-corrected chi connectivity index (χ3v) is 4.35. The Balaban J connectivity index is 1.89. The summed E-state index contributed by atoms with van der Waals surface area (Å²) in [5, 5.41) is 4.30. The highest BCUT2D eigenvalue weighted by Gasteiger charge is 2.27. The van der Waals surface area contributed by atoms with E-state index in [2.05, 4.69) is 16.0 Å². The molecule has 0 unspecified atom stereocenters. The molecule has 0 fully saturated rings. The maximum Gasteiger partial charge on any atom is 0.301 e. The summed E-state index contributed by atoms with van der Waals surface area (Å²) in [5.41, 5.74) is 8.33. The van der Waals surface area contributed by atoms with Crippen molar-refractivity contribution in [3.63, 3.8) is 0 Å². The predicted molar refractivity (Wildman–Crippen MR) is 93.2 cm³/mol. The molecule has 0 aliphatic heterocycles. The number of hydrazone groups is 1. The van der Waals surface area contributed by atoms with Gasteiger partial charge in [-0.25, -0.2) is 11.3 Å². The Kier molecular flexibility index (Phi) is 4.67. The molecule has 2 amide bonds. The standard InChI is InChI=1S/C18H20N4O3/c1-10-6-3-4-7-12(10)17(23)22-21-13-8-5-9-14-15(13)11(2)16(25-14)18(24)20-19/h3-4,6-7H,5,8-9,19H2,1-2H3,(H,20,24)(H,22,23)/b21-13+. The van der Waals surface area contributed by atoms with E-state index in [-0.39, 0.29) is 11.7 Å². The van der Waals surface area contributed by atoms with Crippen LogP contribution in [-0.2, 0) is 6.42 Å². The normalized spacial score (nSPS) is 14.9. The van der Waals surface area contributed by atoms with Crippen LogP contribution in [0.4, 0.5) is 0 Å². The van der Waals surface area contributed by atoms with Gasteiger partial charge in [-0.1, -0.05) is 18.2 Å². The molecule has 1 aliphatic rings. The number of nitrogens with one attached hydrogen (secondary N) is 2. The first-order chi connectivity index (χ1) is 12.0. The number of rotatable bonds is 3. The molecule has 1 heterocycles. The first-order valence-electron chi connectivity index (χ1n) is 8.09. The number of amides is 2. The summed E-state index contributed by atoms with van der Waals surface area (Å²) >= 11 is 0. The van der Waals surface area contributed by atoms with Crippen LogP contribution in [0.3, 0.4) is 0 Å². The van der Waals surface area contributed by atoms with Gasteiger partial charge in [0.1, 0.15) is 5.76 Å². The van der Waals surface area contributed by atoms with Crippen molar-refractivity contribution in [2.45, 2.75) is 33.1 Å². The highest BCUT2D eigenvalue weighted by Crippen LogP contribution is 2.29. The number of hydrogen-bond acceptors (Lipinski definition) is 5. The number of carbonyl (C=O) groups excluding carboxylic acids is 2. The Hall–Kier alpha value is -2.93. The zero-order valence-electron chi connectivity index (χ0n) is 14.2. The molecular formula is C18H20N4O3. The van der Waals surface area contributed by atoms with Crippen LogP contribution in [0.2, 0.25) is 0 Å². The van der Waals surface area contributed by atoms with E-state index in [1.54, 1.807) is 13.0 Å². The highest BCUT2D eigenvalue weighted by molar-refractivity contribution is 6.07. The molecule has 0 spiro atoms. The molecule has 4 N–H and O–H groups in total. The molecule has 1 aliphatic carbocycles. The first kappa shape index (κ1) is 16.9. The van der Waals surface area contributed by atoms with E-state index in [4.69, 9.17) is 10.3 Å². The van der Waals surface area contributed by atoms with Gasteiger partial charge in [0, 0.05) is 23.1 Å². The van der Waals surface area contributed by atoms with E-state index < -0.39 is 5.91 Å². The Morgan fingerprint density at radius 2 is 1.92 bits per heavy atom. The second-order valence-corrected chi connectivity index (χ2v) is 6.00. The molecule has 0 bridgehead atoms. The number of hydrazine groups is 1. The molecule has 0 radical (unpaired) electrons. The lowest BCUT2D eigenvalue weighted by atomic mass is 9.93. The smallest absolute Gasteiger partial charge is 0.301 e. The minimum atomic E-state index is -0.477. The monoisotopic (exact) mass is 340 g/mol. The summed E-state index contributed by atoms with van der Waals surface area (Å²) in [6.45, 7) is 3.66. The molecule has 1 aromatic heterocycles. The SMILES string of the molecule is Cc1ccccc1C(=O)N/N=C1\CCCc2oc(C(=O)NN)c(C)c21. The number of nitrogens with zero attached hydrogens (tertiary/aromatic N) is 1. The van der Waals surface area contributed by atoms with Gasteiger partial charge >= 0.3 is 5.91 Å². The summed E-state index contributed by atoms with van der Waals surface area (Å²) in [4.78, 5) is 24.2. The lowest BCUT2D eigenvalue weighted by Crippen LogP contribution is -2.30. The second kappa shape index (κ2) is 6.90. The highest BCUT2D eigenvalue weighted by atomic mass is 16.4. The quantitative estimate of drug-likeness (QED) is 0.451. The zero-order valence-corrected chi connectivity index (χ0v) is 14.2. The van der Waals surface area contributed by atoms with E-state index in [1.807, 2.05) is 25.1 Å². The van der Waals surface area contributed by atoms with Crippen LogP contribution >= 0.6 is 0 Å². The number of aryl methyl sites for hydroxylation is 2. The van der Waals surface area contributed by atoms with Crippen molar-refractivity contribution in [2.24, 2.45) is 10.9 Å². The maximum atomic E-state index is 12.3. The number of hydrogen-bond donors (Lipinski definition) is 3. The number of fused-ring (bicyclic) bond motifs is 1. The predicted octanol–water partition coefficient (Wildman–Crippen LogP) is 1.97.